The van der Waals surface area contributed by atoms with Gasteiger partial charge >= 0.3 is 21.7 Å². The van der Waals surface area contributed by atoms with Gasteiger partial charge in [0.2, 0.25) is 0 Å². The molecule has 8 nitrogen and oxygen atoms in total. The van der Waals surface area contributed by atoms with Crippen molar-refractivity contribution in [1.82, 2.24) is 4.57 Å². The molecule has 12 heteroatoms. The second-order valence-corrected chi connectivity index (χ2v) is 10.1. The standard InChI is InChI=1S/C21H26F3NO7S/c1-13(30-16-11-7-8-12-29-16)17-18(32-33(27,28)21(22,23)24)14-9-5-6-10-15(14)25(17)19(26)31-20(2,3)4/h5-6,9-10,13,16H,7-8,11-12H2,1-4H3. The number of carbonyl (C=O) groups is 1. The van der Waals surface area contributed by atoms with Gasteiger partial charge in [0.15, 0.2) is 12.0 Å². The van der Waals surface area contributed by atoms with Crippen molar-refractivity contribution >= 4 is 27.1 Å². The normalized spacial score (nSPS) is 18.8. The molecular weight excluding hydrogens is 467 g/mol. The van der Waals surface area contributed by atoms with Gasteiger partial charge in [-0.1, -0.05) is 12.1 Å². The molecule has 2 heterocycles. The average molecular weight is 494 g/mol. The van der Waals surface area contributed by atoms with E-state index in [0.29, 0.717) is 13.0 Å². The van der Waals surface area contributed by atoms with Crippen LogP contribution in [0.4, 0.5) is 18.0 Å². The molecule has 184 valence electrons. The molecule has 0 N–H and O–H groups in total. The van der Waals surface area contributed by atoms with Crippen LogP contribution in [-0.4, -0.2) is 43.1 Å². The lowest BCUT2D eigenvalue weighted by Gasteiger charge is -2.27. The number of hydrogen-bond acceptors (Lipinski definition) is 7. The largest absolute Gasteiger partial charge is 0.534 e. The summed E-state index contributed by atoms with van der Waals surface area (Å²) in [6.07, 6.45) is -0.484. The van der Waals surface area contributed by atoms with Crippen molar-refractivity contribution in [1.29, 1.82) is 0 Å². The van der Waals surface area contributed by atoms with Gasteiger partial charge in [0.05, 0.1) is 5.52 Å². The zero-order valence-corrected chi connectivity index (χ0v) is 19.5. The summed E-state index contributed by atoms with van der Waals surface area (Å²) >= 11 is 0. The van der Waals surface area contributed by atoms with Crippen molar-refractivity contribution in [3.63, 3.8) is 0 Å². The van der Waals surface area contributed by atoms with Crippen molar-refractivity contribution in [3.8, 4) is 5.75 Å². The molecule has 1 aromatic carbocycles. The second kappa shape index (κ2) is 9.15. The van der Waals surface area contributed by atoms with E-state index in [1.165, 1.54) is 25.1 Å². The number of alkyl halides is 3. The number of para-hydroxylation sites is 1. The molecule has 3 rings (SSSR count). The third kappa shape index (κ3) is 5.61. The molecule has 0 spiro atoms. The van der Waals surface area contributed by atoms with Crippen molar-refractivity contribution < 1.29 is 44.8 Å². The van der Waals surface area contributed by atoms with Crippen LogP contribution in [0, 0.1) is 0 Å². The van der Waals surface area contributed by atoms with Gasteiger partial charge in [-0.2, -0.15) is 21.6 Å². The molecule has 1 saturated heterocycles. The average Bonchev–Trinajstić information content (AvgIpc) is 3.01. The number of benzene rings is 1. The van der Waals surface area contributed by atoms with Crippen LogP contribution in [0.25, 0.3) is 10.9 Å². The van der Waals surface area contributed by atoms with Gasteiger partial charge in [-0.05, 0) is 59.1 Å². The van der Waals surface area contributed by atoms with Gasteiger partial charge in [-0.15, -0.1) is 0 Å². The van der Waals surface area contributed by atoms with E-state index in [4.69, 9.17) is 14.2 Å². The fourth-order valence-corrected chi connectivity index (χ4v) is 3.94. The zero-order chi connectivity index (χ0) is 24.6. The highest BCUT2D eigenvalue weighted by molar-refractivity contribution is 7.88. The Kier molecular flexibility index (Phi) is 7.02. The predicted octanol–water partition coefficient (Wildman–Crippen LogP) is 5.26. The first kappa shape index (κ1) is 25.3. The first-order valence-corrected chi connectivity index (χ1v) is 11.8. The Morgan fingerprint density at radius 1 is 1.18 bits per heavy atom. The summed E-state index contributed by atoms with van der Waals surface area (Å²) in [6.45, 7) is 6.78. The number of aromatic nitrogens is 1. The van der Waals surface area contributed by atoms with E-state index < -0.39 is 45.5 Å². The van der Waals surface area contributed by atoms with Gasteiger partial charge in [0, 0.05) is 12.0 Å². The van der Waals surface area contributed by atoms with Crippen LogP contribution in [0.1, 0.15) is 58.8 Å². The molecule has 0 amide bonds. The molecule has 0 radical (unpaired) electrons. The highest BCUT2D eigenvalue weighted by Crippen LogP contribution is 2.42. The third-order valence-electron chi connectivity index (χ3n) is 4.79. The molecule has 2 atom stereocenters. The maximum Gasteiger partial charge on any atom is 0.534 e. The van der Waals surface area contributed by atoms with Crippen LogP contribution >= 0.6 is 0 Å². The summed E-state index contributed by atoms with van der Waals surface area (Å²) in [7, 11) is -6.03. The van der Waals surface area contributed by atoms with Crippen molar-refractivity contribution in [2.75, 3.05) is 6.61 Å². The van der Waals surface area contributed by atoms with E-state index in [-0.39, 0.29) is 16.6 Å². The molecule has 2 aromatic rings. The number of carbonyl (C=O) groups excluding carboxylic acids is 1. The van der Waals surface area contributed by atoms with E-state index in [1.54, 1.807) is 26.8 Å². The van der Waals surface area contributed by atoms with Crippen molar-refractivity contribution in [2.45, 2.75) is 70.5 Å². The molecule has 0 bridgehead atoms. The van der Waals surface area contributed by atoms with Gasteiger partial charge in [0.25, 0.3) is 0 Å². The lowest BCUT2D eigenvalue weighted by Crippen LogP contribution is -2.31. The van der Waals surface area contributed by atoms with Crippen LogP contribution in [-0.2, 0) is 24.3 Å². The molecular formula is C21H26F3NO7S. The topological polar surface area (TPSA) is 93.1 Å². The Balaban J connectivity index is 2.20. The highest BCUT2D eigenvalue weighted by Gasteiger charge is 2.49. The summed E-state index contributed by atoms with van der Waals surface area (Å²) < 4.78 is 85.6. The van der Waals surface area contributed by atoms with Crippen molar-refractivity contribution in [3.05, 3.63) is 30.0 Å². The molecule has 2 unspecified atom stereocenters. The minimum Gasteiger partial charge on any atom is -0.443 e. The Morgan fingerprint density at radius 2 is 1.85 bits per heavy atom. The fraction of sp³-hybridized carbons (Fsp3) is 0.571. The lowest BCUT2D eigenvalue weighted by molar-refractivity contribution is -0.187. The second-order valence-electron chi connectivity index (χ2n) is 8.60. The highest BCUT2D eigenvalue weighted by atomic mass is 32.2. The number of halogens is 3. The Bertz CT molecular complexity index is 1110. The Hall–Kier alpha value is -2.31. The van der Waals surface area contributed by atoms with Gasteiger partial charge in [-0.25, -0.2) is 9.36 Å². The van der Waals surface area contributed by atoms with Crippen molar-refractivity contribution in [2.24, 2.45) is 0 Å². The minimum absolute atomic E-state index is 0.0220. The van der Waals surface area contributed by atoms with E-state index in [1.807, 2.05) is 0 Å². The Morgan fingerprint density at radius 3 is 2.42 bits per heavy atom. The van der Waals surface area contributed by atoms with Crippen LogP contribution < -0.4 is 4.18 Å². The fourth-order valence-electron chi connectivity index (χ4n) is 3.46. The number of rotatable bonds is 5. The van der Waals surface area contributed by atoms with Crippen LogP contribution in [0.5, 0.6) is 5.75 Å². The van der Waals surface area contributed by atoms with Crippen LogP contribution in [0.15, 0.2) is 24.3 Å². The number of nitrogens with zero attached hydrogens (tertiary/aromatic N) is 1. The summed E-state index contributed by atoms with van der Waals surface area (Å²) in [5.74, 6) is -0.655. The quantitative estimate of drug-likeness (QED) is 0.414. The summed E-state index contributed by atoms with van der Waals surface area (Å²) in [5.41, 5.74) is -6.73. The SMILES string of the molecule is CC(OC1CCCCO1)c1c(OS(=O)(=O)C(F)(F)F)c2ccccc2n1C(=O)OC(C)(C)C. The lowest BCUT2D eigenvalue weighted by atomic mass is 10.2. The zero-order valence-electron chi connectivity index (χ0n) is 18.6. The molecule has 0 saturated carbocycles. The predicted molar refractivity (Wildman–Crippen MR) is 112 cm³/mol. The maximum absolute atomic E-state index is 13.1. The van der Waals surface area contributed by atoms with E-state index >= 15 is 0 Å². The van der Waals surface area contributed by atoms with E-state index in [0.717, 1.165) is 17.4 Å². The first-order chi connectivity index (χ1) is 15.2. The number of hydrogen-bond donors (Lipinski definition) is 0. The molecule has 1 fully saturated rings. The van der Waals surface area contributed by atoms with E-state index in [9.17, 15) is 26.4 Å². The Labute approximate surface area is 189 Å². The third-order valence-corrected chi connectivity index (χ3v) is 5.75. The molecule has 33 heavy (non-hydrogen) atoms. The summed E-state index contributed by atoms with van der Waals surface area (Å²) in [6, 6.07) is 5.82. The van der Waals surface area contributed by atoms with Crippen LogP contribution in [0.2, 0.25) is 0 Å². The van der Waals surface area contributed by atoms with Gasteiger partial charge in [-0.3, -0.25) is 0 Å². The molecule has 1 aliphatic heterocycles. The number of fused-ring (bicyclic) bond motifs is 1. The minimum atomic E-state index is -6.03. The summed E-state index contributed by atoms with van der Waals surface area (Å²) in [5, 5.41) is -0.0220. The maximum atomic E-state index is 13.1. The number of ether oxygens (including phenoxy) is 3. The van der Waals surface area contributed by atoms with Gasteiger partial charge < -0.3 is 18.4 Å². The smallest absolute Gasteiger partial charge is 0.443 e. The van der Waals surface area contributed by atoms with Crippen LogP contribution in [0.3, 0.4) is 0 Å². The van der Waals surface area contributed by atoms with Gasteiger partial charge in [0.1, 0.15) is 17.4 Å². The van der Waals surface area contributed by atoms with E-state index in [2.05, 4.69) is 4.18 Å². The first-order valence-electron chi connectivity index (χ1n) is 10.4. The monoisotopic (exact) mass is 493 g/mol. The molecule has 1 aliphatic rings. The summed E-state index contributed by atoms with van der Waals surface area (Å²) in [4.78, 5) is 13.1. The molecule has 1 aromatic heterocycles. The molecule has 0 aliphatic carbocycles.